The van der Waals surface area contributed by atoms with Gasteiger partial charge in [0.2, 0.25) is 0 Å². The van der Waals surface area contributed by atoms with Gasteiger partial charge in [-0.15, -0.1) is 0 Å². The molecule has 0 bridgehead atoms. The lowest BCUT2D eigenvalue weighted by Gasteiger charge is -2.05. The molecule has 0 unspecified atom stereocenters. The number of allylic oxidation sites excluding steroid dienone is 5. The van der Waals surface area contributed by atoms with Crippen LogP contribution >= 0.6 is 0 Å². The van der Waals surface area contributed by atoms with E-state index in [1.165, 1.54) is 5.56 Å². The normalized spacial score (nSPS) is 11.4. The fourth-order valence-corrected chi connectivity index (χ4v) is 3.58. The molecule has 0 fully saturated rings. The first-order chi connectivity index (χ1) is 16.1. The van der Waals surface area contributed by atoms with E-state index in [9.17, 15) is 0 Å². The van der Waals surface area contributed by atoms with E-state index in [1.807, 2.05) is 46.0 Å². The van der Waals surface area contributed by atoms with Crippen LogP contribution < -0.4 is 0 Å². The maximum Gasteiger partial charge on any atom is 0.140 e. The van der Waals surface area contributed by atoms with Gasteiger partial charge < -0.3 is 9.97 Å². The summed E-state index contributed by atoms with van der Waals surface area (Å²) in [5, 5.41) is 1.16. The molecule has 0 atom stereocenters. The Bertz CT molecular complexity index is 1250. The van der Waals surface area contributed by atoms with E-state index in [1.54, 1.807) is 0 Å². The number of imidazole rings is 1. The molecule has 172 valence electrons. The Morgan fingerprint density at radius 3 is 2.39 bits per heavy atom. The molecule has 0 aliphatic rings. The lowest BCUT2D eigenvalue weighted by atomic mass is 10.0. The second kappa shape index (κ2) is 12.4. The average molecular weight is 440 g/mol. The van der Waals surface area contributed by atoms with Gasteiger partial charge in [0, 0.05) is 28.2 Å². The van der Waals surface area contributed by atoms with Crippen molar-refractivity contribution in [2.45, 2.75) is 48.5 Å². The Morgan fingerprint density at radius 1 is 1.00 bits per heavy atom. The summed E-state index contributed by atoms with van der Waals surface area (Å²) in [4.78, 5) is 12.0. The van der Waals surface area contributed by atoms with Crippen molar-refractivity contribution in [3.05, 3.63) is 96.4 Å². The Hall–Kier alpha value is -3.59. The topological polar surface area (TPSA) is 44.5 Å². The molecule has 0 amide bonds. The monoisotopic (exact) mass is 439 g/mol. The van der Waals surface area contributed by atoms with Crippen molar-refractivity contribution < 1.29 is 0 Å². The van der Waals surface area contributed by atoms with Crippen LogP contribution in [0.25, 0.3) is 39.1 Å². The summed E-state index contributed by atoms with van der Waals surface area (Å²) in [6, 6.07) is 16.8. The van der Waals surface area contributed by atoms with Crippen molar-refractivity contribution in [1.29, 1.82) is 0 Å². The molecule has 0 spiro atoms. The lowest BCUT2D eigenvalue weighted by molar-refractivity contribution is 1.30. The second-order valence-electron chi connectivity index (χ2n) is 7.26. The molecule has 4 rings (SSSR count). The van der Waals surface area contributed by atoms with Crippen LogP contribution in [0.15, 0.2) is 85.1 Å². The molecular formula is C30H37N3. The summed E-state index contributed by atoms with van der Waals surface area (Å²) in [6.45, 7) is 18.1. The number of rotatable bonds is 5. The molecule has 0 aliphatic heterocycles. The third-order valence-electron chi connectivity index (χ3n) is 5.14. The first-order valence-electron chi connectivity index (χ1n) is 11.8. The van der Waals surface area contributed by atoms with Crippen LogP contribution in [-0.4, -0.2) is 15.0 Å². The van der Waals surface area contributed by atoms with E-state index < -0.39 is 0 Å². The Balaban J connectivity index is 0.000000914. The van der Waals surface area contributed by atoms with Crippen molar-refractivity contribution in [3.63, 3.8) is 0 Å². The number of hydrogen-bond donors (Lipinski definition) is 2. The molecule has 0 aliphatic carbocycles. The van der Waals surface area contributed by atoms with Gasteiger partial charge in [-0.1, -0.05) is 100 Å². The van der Waals surface area contributed by atoms with Crippen LogP contribution in [-0.2, 0) is 0 Å². The van der Waals surface area contributed by atoms with Crippen LogP contribution in [0, 0.1) is 6.92 Å². The van der Waals surface area contributed by atoms with E-state index >= 15 is 0 Å². The molecule has 2 aromatic heterocycles. The molecule has 0 saturated heterocycles. The van der Waals surface area contributed by atoms with Crippen molar-refractivity contribution in [3.8, 4) is 22.6 Å². The van der Waals surface area contributed by atoms with Crippen molar-refractivity contribution in [1.82, 2.24) is 15.0 Å². The van der Waals surface area contributed by atoms with Gasteiger partial charge in [-0.25, -0.2) is 4.98 Å². The summed E-state index contributed by atoms with van der Waals surface area (Å²) in [7, 11) is 0. The molecule has 0 radical (unpaired) electrons. The van der Waals surface area contributed by atoms with Gasteiger partial charge in [-0.3, -0.25) is 0 Å². The number of para-hydroxylation sites is 1. The molecule has 2 aromatic carbocycles. The predicted molar refractivity (Wildman–Crippen MR) is 146 cm³/mol. The van der Waals surface area contributed by atoms with E-state index in [0.29, 0.717) is 0 Å². The summed E-state index contributed by atoms with van der Waals surface area (Å²) in [5.74, 6) is 0.859. The van der Waals surface area contributed by atoms with E-state index in [-0.39, 0.29) is 0 Å². The highest BCUT2D eigenvalue weighted by atomic mass is 14.9. The van der Waals surface area contributed by atoms with Crippen LogP contribution in [0.2, 0.25) is 0 Å². The summed E-state index contributed by atoms with van der Waals surface area (Å²) in [5.41, 5.74) is 8.66. The van der Waals surface area contributed by atoms with Gasteiger partial charge in [0.15, 0.2) is 0 Å². The first-order valence-corrected chi connectivity index (χ1v) is 11.8. The van der Waals surface area contributed by atoms with Gasteiger partial charge in [0.1, 0.15) is 5.82 Å². The number of nitrogens with zero attached hydrogens (tertiary/aromatic N) is 1. The van der Waals surface area contributed by atoms with E-state index in [0.717, 1.165) is 50.4 Å². The fraction of sp³-hybridized carbons (Fsp3) is 0.233. The fourth-order valence-electron chi connectivity index (χ4n) is 3.58. The zero-order valence-electron chi connectivity index (χ0n) is 21.1. The number of aromatic amines is 2. The summed E-state index contributed by atoms with van der Waals surface area (Å²) < 4.78 is 0. The first kappa shape index (κ1) is 25.7. The largest absolute Gasteiger partial charge is 0.360 e. The van der Waals surface area contributed by atoms with Gasteiger partial charge in [-0.2, -0.15) is 0 Å². The van der Waals surface area contributed by atoms with Crippen molar-refractivity contribution >= 4 is 16.5 Å². The molecule has 2 heterocycles. The highest BCUT2D eigenvalue weighted by molar-refractivity contribution is 5.95. The number of hydrogen-bond acceptors (Lipinski definition) is 1. The highest BCUT2D eigenvalue weighted by Gasteiger charge is 2.17. The van der Waals surface area contributed by atoms with Crippen LogP contribution in [0.5, 0.6) is 0 Å². The summed E-state index contributed by atoms with van der Waals surface area (Å²) >= 11 is 0. The Labute approximate surface area is 199 Å². The van der Waals surface area contributed by atoms with Crippen LogP contribution in [0.4, 0.5) is 0 Å². The predicted octanol–water partition coefficient (Wildman–Crippen LogP) is 9.12. The molecule has 3 heteroatoms. The average Bonchev–Trinajstić information content (AvgIpc) is 3.49. The number of H-pyrrole nitrogens is 2. The third kappa shape index (κ3) is 5.81. The number of fused-ring (bicyclic) bond motifs is 1. The standard InChI is InChI=1S/C26H25N3.2C2H6/c1-5-17(3)14-19(6-2)24-25(20-11-9-10-18(4)15-20)29-26(28-24)22-16-27-23-13-8-7-12-21(22)23;2*1-2/h5-16,27H,1H2,2-4H3,(H,28,29);2*1-2H3/b17-14-,19-6+;;. The number of nitrogens with one attached hydrogen (secondary N) is 2. The Morgan fingerprint density at radius 2 is 1.73 bits per heavy atom. The molecule has 3 nitrogen and oxygen atoms in total. The minimum absolute atomic E-state index is 0.859. The number of aryl methyl sites for hydroxylation is 1. The molecule has 4 aromatic rings. The van der Waals surface area contributed by atoms with Crippen LogP contribution in [0.1, 0.15) is 52.8 Å². The quantitative estimate of drug-likeness (QED) is 0.299. The number of benzene rings is 2. The van der Waals surface area contributed by atoms with E-state index in [2.05, 4.69) is 91.9 Å². The summed E-state index contributed by atoms with van der Waals surface area (Å²) in [6.07, 6.45) is 8.14. The Kier molecular flexibility index (Phi) is 9.68. The van der Waals surface area contributed by atoms with Gasteiger partial charge in [0.05, 0.1) is 11.4 Å². The SMILES string of the molecule is C=C/C(C)=C\C(=C/C)c1[nH]c(-c2c[nH]c3ccccc23)nc1-c1cccc(C)c1.CC.CC. The van der Waals surface area contributed by atoms with E-state index in [4.69, 9.17) is 4.98 Å². The zero-order chi connectivity index (χ0) is 24.4. The third-order valence-corrected chi connectivity index (χ3v) is 5.14. The second-order valence-corrected chi connectivity index (χ2v) is 7.26. The maximum atomic E-state index is 5.04. The van der Waals surface area contributed by atoms with Crippen LogP contribution in [0.3, 0.4) is 0 Å². The smallest absolute Gasteiger partial charge is 0.140 e. The van der Waals surface area contributed by atoms with Gasteiger partial charge in [-0.05, 0) is 38.5 Å². The van der Waals surface area contributed by atoms with Crippen molar-refractivity contribution in [2.24, 2.45) is 0 Å². The minimum Gasteiger partial charge on any atom is -0.360 e. The maximum absolute atomic E-state index is 5.04. The molecule has 2 N–H and O–H groups in total. The van der Waals surface area contributed by atoms with Gasteiger partial charge >= 0.3 is 0 Å². The minimum atomic E-state index is 0.859. The van der Waals surface area contributed by atoms with Gasteiger partial charge in [0.25, 0.3) is 0 Å². The zero-order valence-corrected chi connectivity index (χ0v) is 21.1. The molecule has 0 saturated carbocycles. The molecule has 33 heavy (non-hydrogen) atoms. The van der Waals surface area contributed by atoms with Crippen molar-refractivity contribution in [2.75, 3.05) is 0 Å². The molecular weight excluding hydrogens is 402 g/mol. The highest BCUT2D eigenvalue weighted by Crippen LogP contribution is 2.34. The lowest BCUT2D eigenvalue weighted by Crippen LogP contribution is -1.88. The number of aromatic nitrogens is 3.